The zero-order valence-electron chi connectivity index (χ0n) is 16.0. The van der Waals surface area contributed by atoms with E-state index < -0.39 is 0 Å². The topological polar surface area (TPSA) is 61.4 Å². The standard InChI is InChI=1S/C22H27N3O2.ClH/c26-21(24-18-7-4-12-23-15-18)17-10-13-25(14-11-17)22(27)20-9-3-6-16-5-1-2-8-19(16)20;/h1-3,5-6,8-9,17-18,23H,4,7,10-15H2,(H,24,26);1H/t18-;/m0./s1. The van der Waals surface area contributed by atoms with Crippen LogP contribution in [0.5, 0.6) is 0 Å². The Labute approximate surface area is 172 Å². The summed E-state index contributed by atoms with van der Waals surface area (Å²) in [5.74, 6) is 0.242. The van der Waals surface area contributed by atoms with Crippen molar-refractivity contribution in [3.05, 3.63) is 48.0 Å². The Morgan fingerprint density at radius 3 is 2.50 bits per heavy atom. The van der Waals surface area contributed by atoms with Crippen molar-refractivity contribution in [2.24, 2.45) is 5.92 Å². The van der Waals surface area contributed by atoms with E-state index in [4.69, 9.17) is 0 Å². The number of hydrogen-bond acceptors (Lipinski definition) is 3. The summed E-state index contributed by atoms with van der Waals surface area (Å²) in [6.07, 6.45) is 3.64. The third kappa shape index (κ3) is 4.47. The first-order valence-corrected chi connectivity index (χ1v) is 10.0. The van der Waals surface area contributed by atoms with Gasteiger partial charge in [-0.05, 0) is 49.1 Å². The van der Waals surface area contributed by atoms with Crippen molar-refractivity contribution >= 4 is 35.0 Å². The van der Waals surface area contributed by atoms with E-state index in [1.54, 1.807) is 0 Å². The first-order valence-electron chi connectivity index (χ1n) is 10.0. The molecule has 0 unspecified atom stereocenters. The Hall–Kier alpha value is -2.11. The largest absolute Gasteiger partial charge is 0.352 e. The number of fused-ring (bicyclic) bond motifs is 1. The third-order valence-electron chi connectivity index (χ3n) is 5.82. The molecule has 2 heterocycles. The Balaban J connectivity index is 0.00000225. The number of halogens is 1. The molecule has 2 aliphatic heterocycles. The van der Waals surface area contributed by atoms with Gasteiger partial charge >= 0.3 is 0 Å². The maximum Gasteiger partial charge on any atom is 0.254 e. The van der Waals surface area contributed by atoms with E-state index in [1.165, 1.54) is 0 Å². The molecule has 0 spiro atoms. The molecule has 150 valence electrons. The van der Waals surface area contributed by atoms with Gasteiger partial charge in [0.25, 0.3) is 5.91 Å². The molecule has 2 saturated heterocycles. The average molecular weight is 402 g/mol. The van der Waals surface area contributed by atoms with Gasteiger partial charge < -0.3 is 15.5 Å². The minimum Gasteiger partial charge on any atom is -0.352 e. The summed E-state index contributed by atoms with van der Waals surface area (Å²) < 4.78 is 0. The van der Waals surface area contributed by atoms with Gasteiger partial charge in [0.1, 0.15) is 0 Å². The Kier molecular flexibility index (Phi) is 6.92. The van der Waals surface area contributed by atoms with Gasteiger partial charge in [-0.3, -0.25) is 9.59 Å². The molecule has 0 aromatic heterocycles. The molecule has 0 radical (unpaired) electrons. The maximum absolute atomic E-state index is 13.0. The smallest absolute Gasteiger partial charge is 0.254 e. The van der Waals surface area contributed by atoms with E-state index in [-0.39, 0.29) is 36.2 Å². The monoisotopic (exact) mass is 401 g/mol. The molecule has 0 saturated carbocycles. The number of carbonyl (C=O) groups excluding carboxylic acids is 2. The number of likely N-dealkylation sites (tertiary alicyclic amines) is 1. The van der Waals surface area contributed by atoms with Gasteiger partial charge in [-0.15, -0.1) is 12.4 Å². The summed E-state index contributed by atoms with van der Waals surface area (Å²) in [4.78, 5) is 27.5. The van der Waals surface area contributed by atoms with E-state index in [0.717, 1.165) is 55.1 Å². The van der Waals surface area contributed by atoms with Crippen LogP contribution in [-0.4, -0.2) is 48.9 Å². The number of hydrogen-bond donors (Lipinski definition) is 2. The minimum atomic E-state index is 0. The molecule has 2 aromatic rings. The number of nitrogens with zero attached hydrogens (tertiary/aromatic N) is 1. The highest BCUT2D eigenvalue weighted by molar-refractivity contribution is 6.07. The van der Waals surface area contributed by atoms with Crippen molar-refractivity contribution in [1.29, 1.82) is 0 Å². The lowest BCUT2D eigenvalue weighted by Crippen LogP contribution is -2.49. The molecule has 2 aliphatic rings. The van der Waals surface area contributed by atoms with Crippen LogP contribution in [0.15, 0.2) is 42.5 Å². The van der Waals surface area contributed by atoms with Gasteiger partial charge in [0.15, 0.2) is 0 Å². The van der Waals surface area contributed by atoms with E-state index in [0.29, 0.717) is 13.1 Å². The average Bonchev–Trinajstić information content (AvgIpc) is 2.73. The predicted molar refractivity (Wildman–Crippen MR) is 114 cm³/mol. The van der Waals surface area contributed by atoms with E-state index in [9.17, 15) is 9.59 Å². The molecule has 2 aromatic carbocycles. The summed E-state index contributed by atoms with van der Waals surface area (Å²) in [6.45, 7) is 3.19. The highest BCUT2D eigenvalue weighted by Gasteiger charge is 2.29. The fourth-order valence-corrected chi connectivity index (χ4v) is 4.22. The summed E-state index contributed by atoms with van der Waals surface area (Å²) in [6, 6.07) is 14.1. The van der Waals surface area contributed by atoms with Gasteiger partial charge in [-0.25, -0.2) is 0 Å². The first kappa shape index (κ1) is 20.6. The van der Waals surface area contributed by atoms with Crippen LogP contribution in [0.2, 0.25) is 0 Å². The molecule has 4 rings (SSSR count). The third-order valence-corrected chi connectivity index (χ3v) is 5.82. The Morgan fingerprint density at radius 1 is 1.00 bits per heavy atom. The quantitative estimate of drug-likeness (QED) is 0.831. The molecule has 6 heteroatoms. The summed E-state index contributed by atoms with van der Waals surface area (Å²) in [5.41, 5.74) is 0.754. The summed E-state index contributed by atoms with van der Waals surface area (Å²) in [5, 5.41) is 8.59. The van der Waals surface area contributed by atoms with Crippen LogP contribution in [0, 0.1) is 5.92 Å². The van der Waals surface area contributed by atoms with Gasteiger partial charge in [-0.2, -0.15) is 0 Å². The number of rotatable bonds is 3. The normalized spacial score (nSPS) is 20.4. The fourth-order valence-electron chi connectivity index (χ4n) is 4.22. The lowest BCUT2D eigenvalue weighted by atomic mass is 9.94. The SMILES string of the molecule is Cl.O=C(N[C@H]1CCCNC1)C1CCN(C(=O)c2cccc3ccccc23)CC1. The highest BCUT2D eigenvalue weighted by Crippen LogP contribution is 2.24. The molecule has 2 fully saturated rings. The van der Waals surface area contributed by atoms with E-state index in [2.05, 4.69) is 10.6 Å². The predicted octanol–water partition coefficient (Wildman–Crippen LogP) is 2.98. The van der Waals surface area contributed by atoms with Crippen molar-refractivity contribution in [2.75, 3.05) is 26.2 Å². The van der Waals surface area contributed by atoms with Gasteiger partial charge in [-0.1, -0.05) is 36.4 Å². The van der Waals surface area contributed by atoms with Crippen LogP contribution < -0.4 is 10.6 Å². The van der Waals surface area contributed by atoms with Crippen molar-refractivity contribution in [3.8, 4) is 0 Å². The number of benzene rings is 2. The van der Waals surface area contributed by atoms with Gasteiger partial charge in [0.05, 0.1) is 0 Å². The van der Waals surface area contributed by atoms with Crippen LogP contribution in [0.4, 0.5) is 0 Å². The van der Waals surface area contributed by atoms with E-state index in [1.807, 2.05) is 47.4 Å². The van der Waals surface area contributed by atoms with Crippen LogP contribution in [0.3, 0.4) is 0 Å². The van der Waals surface area contributed by atoms with Crippen LogP contribution in [0.1, 0.15) is 36.0 Å². The van der Waals surface area contributed by atoms with Crippen LogP contribution >= 0.6 is 12.4 Å². The molecule has 28 heavy (non-hydrogen) atoms. The van der Waals surface area contributed by atoms with Crippen LogP contribution in [-0.2, 0) is 4.79 Å². The second-order valence-corrected chi connectivity index (χ2v) is 7.65. The number of nitrogens with one attached hydrogen (secondary N) is 2. The lowest BCUT2D eigenvalue weighted by Gasteiger charge is -2.33. The number of carbonyl (C=O) groups is 2. The molecule has 5 nitrogen and oxygen atoms in total. The molecule has 1 atom stereocenters. The molecule has 2 N–H and O–H groups in total. The van der Waals surface area contributed by atoms with Crippen molar-refractivity contribution in [1.82, 2.24) is 15.5 Å². The van der Waals surface area contributed by atoms with E-state index >= 15 is 0 Å². The molecule has 0 bridgehead atoms. The number of piperidine rings is 2. The molecular weight excluding hydrogens is 374 g/mol. The van der Waals surface area contributed by atoms with Gasteiger partial charge in [0, 0.05) is 37.2 Å². The van der Waals surface area contributed by atoms with Crippen molar-refractivity contribution < 1.29 is 9.59 Å². The maximum atomic E-state index is 13.0. The number of amides is 2. The van der Waals surface area contributed by atoms with Crippen LogP contribution in [0.25, 0.3) is 10.8 Å². The molecular formula is C22H28ClN3O2. The van der Waals surface area contributed by atoms with Gasteiger partial charge in [0.2, 0.25) is 5.91 Å². The Bertz CT molecular complexity index is 822. The van der Waals surface area contributed by atoms with Crippen molar-refractivity contribution in [2.45, 2.75) is 31.7 Å². The minimum absolute atomic E-state index is 0. The zero-order chi connectivity index (χ0) is 18.6. The summed E-state index contributed by atoms with van der Waals surface area (Å²) in [7, 11) is 0. The lowest BCUT2D eigenvalue weighted by molar-refractivity contribution is -0.127. The first-order chi connectivity index (χ1) is 13.2. The fraction of sp³-hybridized carbons (Fsp3) is 0.455. The summed E-state index contributed by atoms with van der Waals surface area (Å²) >= 11 is 0. The second-order valence-electron chi connectivity index (χ2n) is 7.65. The van der Waals surface area contributed by atoms with Crippen molar-refractivity contribution in [3.63, 3.8) is 0 Å². The zero-order valence-corrected chi connectivity index (χ0v) is 16.8. The molecule has 2 amide bonds. The Morgan fingerprint density at radius 2 is 1.75 bits per heavy atom. The second kappa shape index (κ2) is 9.39. The molecule has 0 aliphatic carbocycles. The highest BCUT2D eigenvalue weighted by atomic mass is 35.5.